The van der Waals surface area contributed by atoms with E-state index in [1.54, 1.807) is 6.07 Å². The Morgan fingerprint density at radius 2 is 1.93 bits per heavy atom. The van der Waals surface area contributed by atoms with Crippen LogP contribution in [0.5, 0.6) is 5.75 Å². The quantitative estimate of drug-likeness (QED) is 0.599. The van der Waals surface area contributed by atoms with Gasteiger partial charge >= 0.3 is 5.97 Å². The summed E-state index contributed by atoms with van der Waals surface area (Å²) in [5.74, 6) is -0.379. The molecule has 0 aliphatic carbocycles. The Morgan fingerprint density at radius 3 is 2.63 bits per heavy atom. The van der Waals surface area contributed by atoms with Gasteiger partial charge in [0.05, 0.1) is 11.6 Å². The molecular formula is C24H26N2O4. The second-order valence-corrected chi connectivity index (χ2v) is 8.35. The molecule has 1 aliphatic heterocycles. The van der Waals surface area contributed by atoms with E-state index >= 15 is 0 Å². The summed E-state index contributed by atoms with van der Waals surface area (Å²) in [6, 6.07) is 15.1. The number of carboxylic acid groups (broad SMARTS) is 1. The number of nitrogens with one attached hydrogen (secondary N) is 1. The molecule has 2 heterocycles. The van der Waals surface area contributed by atoms with Gasteiger partial charge in [-0.25, -0.2) is 9.78 Å². The lowest BCUT2D eigenvalue weighted by Gasteiger charge is -2.42. The van der Waals surface area contributed by atoms with Gasteiger partial charge in [-0.15, -0.1) is 0 Å². The number of aromatic nitrogens is 1. The summed E-state index contributed by atoms with van der Waals surface area (Å²) < 4.78 is 6.13. The third-order valence-electron chi connectivity index (χ3n) is 5.72. The molecule has 0 radical (unpaired) electrons. The van der Waals surface area contributed by atoms with Crippen LogP contribution in [0.15, 0.2) is 48.5 Å². The maximum absolute atomic E-state index is 11.4. The first kappa shape index (κ1) is 20.3. The number of carboxylic acids is 1. The molecule has 30 heavy (non-hydrogen) atoms. The van der Waals surface area contributed by atoms with E-state index in [4.69, 9.17) is 4.74 Å². The van der Waals surface area contributed by atoms with E-state index in [2.05, 4.69) is 22.4 Å². The lowest BCUT2D eigenvalue weighted by atomic mass is 9.85. The largest absolute Gasteiger partial charge is 0.485 e. The molecule has 0 saturated heterocycles. The Labute approximate surface area is 175 Å². The van der Waals surface area contributed by atoms with E-state index in [9.17, 15) is 15.0 Å². The van der Waals surface area contributed by atoms with Gasteiger partial charge in [-0.2, -0.15) is 0 Å². The number of aryl methyl sites for hydroxylation is 1. The molecule has 2 atom stereocenters. The van der Waals surface area contributed by atoms with Crippen LogP contribution in [0, 0.1) is 6.92 Å². The summed E-state index contributed by atoms with van der Waals surface area (Å²) in [5.41, 5.74) is 2.64. The van der Waals surface area contributed by atoms with Gasteiger partial charge in [0.15, 0.2) is 0 Å². The van der Waals surface area contributed by atoms with Crippen molar-refractivity contribution in [1.82, 2.24) is 10.3 Å². The Kier molecular flexibility index (Phi) is 5.22. The Bertz CT molecular complexity index is 1100. The van der Waals surface area contributed by atoms with Gasteiger partial charge in [0.1, 0.15) is 23.1 Å². The smallest absolute Gasteiger partial charge is 0.354 e. The molecule has 3 N–H and O–H groups in total. The molecule has 0 unspecified atom stereocenters. The highest BCUT2D eigenvalue weighted by atomic mass is 16.5. The number of benzene rings is 2. The summed E-state index contributed by atoms with van der Waals surface area (Å²) in [4.78, 5) is 15.7. The highest BCUT2D eigenvalue weighted by Gasteiger charge is 2.43. The minimum Gasteiger partial charge on any atom is -0.485 e. The fourth-order valence-corrected chi connectivity index (χ4v) is 4.03. The number of rotatable bonds is 5. The molecule has 0 spiro atoms. The molecule has 0 bridgehead atoms. The number of hydrogen-bond donors (Lipinski definition) is 3. The van der Waals surface area contributed by atoms with Gasteiger partial charge in [-0.3, -0.25) is 0 Å². The van der Waals surface area contributed by atoms with Crippen molar-refractivity contribution in [1.29, 1.82) is 0 Å². The maximum Gasteiger partial charge on any atom is 0.354 e. The third kappa shape index (κ3) is 3.76. The topological polar surface area (TPSA) is 91.7 Å². The number of pyridine rings is 1. The summed E-state index contributed by atoms with van der Waals surface area (Å²) >= 11 is 0. The van der Waals surface area contributed by atoms with Gasteiger partial charge in [0.2, 0.25) is 0 Å². The molecule has 0 amide bonds. The normalized spacial score (nSPS) is 19.9. The van der Waals surface area contributed by atoms with E-state index < -0.39 is 17.7 Å². The Morgan fingerprint density at radius 1 is 1.20 bits per heavy atom. The fraction of sp³-hybridized carbons (Fsp3) is 0.333. The van der Waals surface area contributed by atoms with E-state index in [-0.39, 0.29) is 11.7 Å². The van der Waals surface area contributed by atoms with Crippen LogP contribution in [-0.2, 0) is 6.42 Å². The molecule has 1 aliphatic rings. The van der Waals surface area contributed by atoms with Crippen LogP contribution in [0.1, 0.15) is 47.1 Å². The number of hydrogen-bond acceptors (Lipinski definition) is 5. The second kappa shape index (κ2) is 7.70. The molecule has 1 aromatic heterocycles. The molecule has 0 fully saturated rings. The molecule has 3 aromatic rings. The second-order valence-electron chi connectivity index (χ2n) is 8.35. The Balaban J connectivity index is 1.71. The lowest BCUT2D eigenvalue weighted by Crippen LogP contribution is -2.52. The number of nitrogens with zero attached hydrogens (tertiary/aromatic N) is 1. The van der Waals surface area contributed by atoms with Crippen LogP contribution in [0.4, 0.5) is 0 Å². The van der Waals surface area contributed by atoms with Crippen LogP contribution in [-0.4, -0.2) is 39.4 Å². The number of aliphatic hydroxyl groups is 1. The Hall–Kier alpha value is -2.96. The van der Waals surface area contributed by atoms with Crippen molar-refractivity contribution in [3.8, 4) is 5.75 Å². The van der Waals surface area contributed by atoms with Gasteiger partial charge in [0, 0.05) is 10.9 Å². The molecular weight excluding hydrogens is 380 g/mol. The van der Waals surface area contributed by atoms with Crippen LogP contribution in [0.25, 0.3) is 10.9 Å². The van der Waals surface area contributed by atoms with Gasteiger partial charge in [0.25, 0.3) is 0 Å². The van der Waals surface area contributed by atoms with E-state index in [1.165, 1.54) is 5.56 Å². The first-order chi connectivity index (χ1) is 14.3. The maximum atomic E-state index is 11.4. The summed E-state index contributed by atoms with van der Waals surface area (Å²) in [5, 5.41) is 24.7. The van der Waals surface area contributed by atoms with E-state index in [0.29, 0.717) is 17.8 Å². The average molecular weight is 406 g/mol. The van der Waals surface area contributed by atoms with Crippen LogP contribution in [0.3, 0.4) is 0 Å². The highest BCUT2D eigenvalue weighted by molar-refractivity contribution is 5.92. The van der Waals surface area contributed by atoms with Crippen LogP contribution in [0.2, 0.25) is 0 Å². The zero-order valence-electron chi connectivity index (χ0n) is 17.3. The van der Waals surface area contributed by atoms with Gasteiger partial charge in [-0.1, -0.05) is 30.3 Å². The lowest BCUT2D eigenvalue weighted by molar-refractivity contribution is -0.0642. The molecule has 6 nitrogen and oxygen atoms in total. The number of ether oxygens (including phenoxy) is 1. The first-order valence-electron chi connectivity index (χ1n) is 10.1. The highest BCUT2D eigenvalue weighted by Crippen LogP contribution is 2.42. The van der Waals surface area contributed by atoms with Crippen LogP contribution >= 0.6 is 0 Å². The van der Waals surface area contributed by atoms with Gasteiger partial charge < -0.3 is 20.3 Å². The molecule has 6 heteroatoms. The molecule has 2 aromatic carbocycles. The molecule has 0 saturated carbocycles. The monoisotopic (exact) mass is 406 g/mol. The SMILES string of the molecule is Cc1cc(C(=O)O)nc2cc3c(cc12)OC(C)(C)[C@H](O)[C@H]3NCCc1ccccc1. The average Bonchev–Trinajstić information content (AvgIpc) is 2.70. The van der Waals surface area contributed by atoms with E-state index in [0.717, 1.165) is 22.9 Å². The van der Waals surface area contributed by atoms with Crippen LogP contribution < -0.4 is 10.1 Å². The van der Waals surface area contributed by atoms with Crippen molar-refractivity contribution in [2.45, 2.75) is 44.9 Å². The zero-order chi connectivity index (χ0) is 21.5. The molecule has 156 valence electrons. The van der Waals surface area contributed by atoms with Crippen molar-refractivity contribution in [2.75, 3.05) is 6.54 Å². The number of aliphatic hydroxyl groups excluding tert-OH is 1. The minimum absolute atomic E-state index is 0.00569. The first-order valence-corrected chi connectivity index (χ1v) is 10.1. The summed E-state index contributed by atoms with van der Waals surface area (Å²) in [6.45, 7) is 6.28. The molecule has 4 rings (SSSR count). The van der Waals surface area contributed by atoms with Crippen molar-refractivity contribution in [3.05, 3.63) is 70.9 Å². The van der Waals surface area contributed by atoms with Crippen molar-refractivity contribution >= 4 is 16.9 Å². The zero-order valence-corrected chi connectivity index (χ0v) is 17.3. The predicted octanol–water partition coefficient (Wildman–Crippen LogP) is 3.65. The minimum atomic E-state index is -1.06. The number of carbonyl (C=O) groups is 1. The van der Waals surface area contributed by atoms with Gasteiger partial charge in [-0.05, 0) is 63.1 Å². The number of fused-ring (bicyclic) bond motifs is 2. The summed E-state index contributed by atoms with van der Waals surface area (Å²) in [7, 11) is 0. The summed E-state index contributed by atoms with van der Waals surface area (Å²) in [6.07, 6.45) is 0.0522. The third-order valence-corrected chi connectivity index (χ3v) is 5.72. The van der Waals surface area contributed by atoms with Crippen molar-refractivity contribution < 1.29 is 19.7 Å². The standard InChI is InChI=1S/C24H26N2O4/c1-14-11-19(23(28)29)26-18-12-17-20(13-16(14)18)30-24(2,3)22(27)21(17)25-10-9-15-7-5-4-6-8-15/h4-8,11-13,21-22,25,27H,9-10H2,1-3H3,(H,28,29)/t21-,22+/m0/s1. The fourth-order valence-electron chi connectivity index (χ4n) is 4.03. The number of aromatic carboxylic acids is 1. The predicted molar refractivity (Wildman–Crippen MR) is 115 cm³/mol. The van der Waals surface area contributed by atoms with E-state index in [1.807, 2.05) is 51.1 Å². The van der Waals surface area contributed by atoms with Crippen molar-refractivity contribution in [2.24, 2.45) is 0 Å². The van der Waals surface area contributed by atoms with Crippen molar-refractivity contribution in [3.63, 3.8) is 0 Å².